The minimum Gasteiger partial charge on any atom is -0.333 e. The fourth-order valence-electron chi connectivity index (χ4n) is 3.36. The van der Waals surface area contributed by atoms with Gasteiger partial charge in [0.05, 0.1) is 12.0 Å². The van der Waals surface area contributed by atoms with Crippen molar-refractivity contribution in [2.45, 2.75) is 57.5 Å². The van der Waals surface area contributed by atoms with Crippen molar-refractivity contribution in [3.8, 4) is 0 Å². The van der Waals surface area contributed by atoms with Gasteiger partial charge in [0.2, 0.25) is 0 Å². The average molecular weight is 233 g/mol. The predicted octanol–water partition coefficient (Wildman–Crippen LogP) is 2.89. The standard InChI is InChI=1S/C14H23N3/c1-2-5-12(6-3-1)10-17-11-15-9-14(17)13-7-4-8-16-13/h9,11-13,16H,1-8,10H2/t13-/m0/s1. The number of nitrogens with one attached hydrogen (secondary N) is 1. The molecule has 2 aliphatic rings. The molecular formula is C14H23N3. The smallest absolute Gasteiger partial charge is 0.0948 e. The van der Waals surface area contributed by atoms with E-state index in [4.69, 9.17) is 0 Å². The van der Waals surface area contributed by atoms with Gasteiger partial charge in [-0.1, -0.05) is 19.3 Å². The number of hydrogen-bond acceptors (Lipinski definition) is 2. The number of rotatable bonds is 3. The fourth-order valence-corrected chi connectivity index (χ4v) is 3.36. The summed E-state index contributed by atoms with van der Waals surface area (Å²) in [6, 6.07) is 0.557. The van der Waals surface area contributed by atoms with Crippen molar-refractivity contribution in [3.05, 3.63) is 18.2 Å². The van der Waals surface area contributed by atoms with Crippen LogP contribution in [0.4, 0.5) is 0 Å². The number of hydrogen-bond donors (Lipinski definition) is 1. The summed E-state index contributed by atoms with van der Waals surface area (Å²) in [6.07, 6.45) is 13.8. The van der Waals surface area contributed by atoms with Crippen molar-refractivity contribution in [3.63, 3.8) is 0 Å². The van der Waals surface area contributed by atoms with Crippen LogP contribution in [-0.4, -0.2) is 16.1 Å². The molecule has 3 heteroatoms. The average Bonchev–Trinajstić information content (AvgIpc) is 3.00. The normalized spacial score (nSPS) is 26.5. The van der Waals surface area contributed by atoms with Crippen LogP contribution in [0.3, 0.4) is 0 Å². The first-order chi connectivity index (χ1) is 8.43. The van der Waals surface area contributed by atoms with Crippen molar-refractivity contribution in [1.29, 1.82) is 0 Å². The van der Waals surface area contributed by atoms with Gasteiger partial charge in [-0.3, -0.25) is 0 Å². The van der Waals surface area contributed by atoms with Gasteiger partial charge in [-0.05, 0) is 38.1 Å². The molecule has 1 saturated carbocycles. The Morgan fingerprint density at radius 2 is 2.06 bits per heavy atom. The van der Waals surface area contributed by atoms with E-state index >= 15 is 0 Å². The zero-order valence-electron chi connectivity index (χ0n) is 10.6. The molecule has 2 heterocycles. The van der Waals surface area contributed by atoms with E-state index in [1.54, 1.807) is 0 Å². The monoisotopic (exact) mass is 233 g/mol. The van der Waals surface area contributed by atoms with Gasteiger partial charge >= 0.3 is 0 Å². The highest BCUT2D eigenvalue weighted by Crippen LogP contribution is 2.28. The molecule has 1 aromatic heterocycles. The molecule has 1 aliphatic heterocycles. The molecule has 1 aromatic rings. The molecule has 3 rings (SSSR count). The first kappa shape index (κ1) is 11.3. The number of aromatic nitrogens is 2. The van der Waals surface area contributed by atoms with Gasteiger partial charge in [-0.2, -0.15) is 0 Å². The third kappa shape index (κ3) is 2.54. The first-order valence-corrected chi connectivity index (χ1v) is 7.17. The second kappa shape index (κ2) is 5.21. The molecule has 2 fully saturated rings. The van der Waals surface area contributed by atoms with Crippen molar-refractivity contribution in [2.75, 3.05) is 6.54 Å². The molecule has 3 nitrogen and oxygen atoms in total. The van der Waals surface area contributed by atoms with Gasteiger partial charge in [0, 0.05) is 18.8 Å². The Balaban J connectivity index is 1.67. The number of nitrogens with zero attached hydrogens (tertiary/aromatic N) is 2. The molecule has 94 valence electrons. The summed E-state index contributed by atoms with van der Waals surface area (Å²) in [4.78, 5) is 4.36. The topological polar surface area (TPSA) is 29.9 Å². The Morgan fingerprint density at radius 1 is 1.18 bits per heavy atom. The van der Waals surface area contributed by atoms with Crippen LogP contribution in [0, 0.1) is 5.92 Å². The summed E-state index contributed by atoms with van der Waals surface area (Å²) in [5, 5.41) is 3.58. The summed E-state index contributed by atoms with van der Waals surface area (Å²) < 4.78 is 2.40. The van der Waals surface area contributed by atoms with Crippen LogP contribution in [0.15, 0.2) is 12.5 Å². The van der Waals surface area contributed by atoms with Crippen molar-refractivity contribution in [1.82, 2.24) is 14.9 Å². The molecule has 0 amide bonds. The van der Waals surface area contributed by atoms with E-state index in [0.717, 1.165) is 5.92 Å². The Morgan fingerprint density at radius 3 is 2.82 bits per heavy atom. The molecule has 1 N–H and O–H groups in total. The number of imidazole rings is 1. The van der Waals surface area contributed by atoms with Gasteiger partial charge in [0.25, 0.3) is 0 Å². The van der Waals surface area contributed by atoms with Crippen LogP contribution in [0.2, 0.25) is 0 Å². The van der Waals surface area contributed by atoms with Crippen LogP contribution in [0.1, 0.15) is 56.7 Å². The summed E-state index contributed by atoms with van der Waals surface area (Å²) in [5.41, 5.74) is 1.41. The highest BCUT2D eigenvalue weighted by molar-refractivity contribution is 5.07. The fraction of sp³-hybridized carbons (Fsp3) is 0.786. The van der Waals surface area contributed by atoms with Crippen molar-refractivity contribution < 1.29 is 0 Å². The third-order valence-corrected chi connectivity index (χ3v) is 4.34. The lowest BCUT2D eigenvalue weighted by Crippen LogP contribution is -2.20. The van der Waals surface area contributed by atoms with Gasteiger partial charge in [-0.25, -0.2) is 4.98 Å². The maximum Gasteiger partial charge on any atom is 0.0948 e. The van der Waals surface area contributed by atoms with Gasteiger partial charge in [-0.15, -0.1) is 0 Å². The van der Waals surface area contributed by atoms with Crippen LogP contribution in [0.5, 0.6) is 0 Å². The minimum atomic E-state index is 0.557. The Kier molecular flexibility index (Phi) is 3.46. The molecule has 0 bridgehead atoms. The quantitative estimate of drug-likeness (QED) is 0.870. The zero-order chi connectivity index (χ0) is 11.5. The molecule has 0 aromatic carbocycles. The van der Waals surface area contributed by atoms with Crippen LogP contribution in [0.25, 0.3) is 0 Å². The minimum absolute atomic E-state index is 0.557. The van der Waals surface area contributed by atoms with E-state index in [9.17, 15) is 0 Å². The lowest BCUT2D eigenvalue weighted by Gasteiger charge is -2.23. The lowest BCUT2D eigenvalue weighted by atomic mass is 9.89. The lowest BCUT2D eigenvalue weighted by molar-refractivity contribution is 0.313. The molecule has 0 radical (unpaired) electrons. The summed E-state index contributed by atoms with van der Waals surface area (Å²) in [7, 11) is 0. The summed E-state index contributed by atoms with van der Waals surface area (Å²) >= 11 is 0. The molecule has 0 unspecified atom stereocenters. The largest absolute Gasteiger partial charge is 0.333 e. The van der Waals surface area contributed by atoms with E-state index in [2.05, 4.69) is 21.1 Å². The second-order valence-electron chi connectivity index (χ2n) is 5.62. The first-order valence-electron chi connectivity index (χ1n) is 7.17. The molecule has 1 saturated heterocycles. The molecule has 1 atom stereocenters. The van der Waals surface area contributed by atoms with Crippen LogP contribution < -0.4 is 5.32 Å². The van der Waals surface area contributed by atoms with E-state index in [0.29, 0.717) is 6.04 Å². The Bertz CT molecular complexity index is 346. The van der Waals surface area contributed by atoms with Crippen LogP contribution in [-0.2, 0) is 6.54 Å². The Hall–Kier alpha value is -0.830. The van der Waals surface area contributed by atoms with E-state index in [1.807, 2.05) is 6.33 Å². The maximum absolute atomic E-state index is 4.36. The van der Waals surface area contributed by atoms with Crippen LogP contribution >= 0.6 is 0 Å². The van der Waals surface area contributed by atoms with Gasteiger partial charge in [0.1, 0.15) is 0 Å². The van der Waals surface area contributed by atoms with Gasteiger partial charge in [0.15, 0.2) is 0 Å². The van der Waals surface area contributed by atoms with Crippen molar-refractivity contribution >= 4 is 0 Å². The predicted molar refractivity (Wildman–Crippen MR) is 68.8 cm³/mol. The van der Waals surface area contributed by atoms with E-state index < -0.39 is 0 Å². The third-order valence-electron chi connectivity index (χ3n) is 4.34. The molecular weight excluding hydrogens is 210 g/mol. The summed E-state index contributed by atoms with van der Waals surface area (Å²) in [6.45, 7) is 2.35. The SMILES string of the molecule is c1ncn(CC2CCCCC2)c1[C@@H]1CCCN1. The summed E-state index contributed by atoms with van der Waals surface area (Å²) in [5.74, 6) is 0.887. The van der Waals surface area contributed by atoms with E-state index in [-0.39, 0.29) is 0 Å². The maximum atomic E-state index is 4.36. The molecule has 17 heavy (non-hydrogen) atoms. The Labute approximate surface area is 104 Å². The van der Waals surface area contributed by atoms with Crippen molar-refractivity contribution in [2.24, 2.45) is 5.92 Å². The highest BCUT2D eigenvalue weighted by atomic mass is 15.1. The molecule has 0 spiro atoms. The highest BCUT2D eigenvalue weighted by Gasteiger charge is 2.21. The molecule has 1 aliphatic carbocycles. The van der Waals surface area contributed by atoms with Gasteiger partial charge < -0.3 is 9.88 Å². The van der Waals surface area contributed by atoms with E-state index in [1.165, 1.54) is 63.7 Å². The second-order valence-corrected chi connectivity index (χ2v) is 5.62. The zero-order valence-corrected chi connectivity index (χ0v) is 10.6.